The number of carbonyl (C=O) groups is 1. The molecule has 1 aliphatic rings. The van der Waals surface area contributed by atoms with Crippen molar-refractivity contribution >= 4 is 17.2 Å². The van der Waals surface area contributed by atoms with Gasteiger partial charge >= 0.3 is 0 Å². The van der Waals surface area contributed by atoms with Crippen molar-refractivity contribution in [3.63, 3.8) is 0 Å². The number of benzene rings is 1. The summed E-state index contributed by atoms with van der Waals surface area (Å²) in [6.07, 6.45) is 3.27. The van der Waals surface area contributed by atoms with Gasteiger partial charge < -0.3 is 9.30 Å². The minimum absolute atomic E-state index is 0.504. The molecule has 3 nitrogen and oxygen atoms in total. The van der Waals surface area contributed by atoms with Crippen LogP contribution in [0.25, 0.3) is 10.9 Å². The van der Waals surface area contributed by atoms with Crippen molar-refractivity contribution in [1.82, 2.24) is 4.57 Å². The van der Waals surface area contributed by atoms with Crippen molar-refractivity contribution in [1.29, 1.82) is 0 Å². The molecule has 1 aromatic carbocycles. The van der Waals surface area contributed by atoms with Crippen LogP contribution in [0.3, 0.4) is 0 Å². The number of carbonyl (C=O) groups excluding carboxylic acids is 1. The largest absolute Gasteiger partial charge is 0.497 e. The second-order valence-corrected chi connectivity index (χ2v) is 4.21. The number of fused-ring (bicyclic) bond motifs is 1. The molecule has 0 N–H and O–H groups in total. The van der Waals surface area contributed by atoms with E-state index in [-0.39, 0.29) is 0 Å². The molecule has 0 amide bonds. The molecule has 1 heterocycles. The molecule has 0 unspecified atom stereocenters. The molecule has 1 aromatic heterocycles. The summed E-state index contributed by atoms with van der Waals surface area (Å²) in [6.45, 7) is 0. The Labute approximate surface area is 93.6 Å². The highest BCUT2D eigenvalue weighted by Crippen LogP contribution is 2.39. The first-order chi connectivity index (χ1) is 7.83. The minimum atomic E-state index is 0.504. The normalized spacial score (nSPS) is 15.3. The summed E-state index contributed by atoms with van der Waals surface area (Å²) in [5.74, 6) is 0.838. The average Bonchev–Trinajstić information content (AvgIpc) is 3.09. The van der Waals surface area contributed by atoms with Gasteiger partial charge in [0.2, 0.25) is 0 Å². The van der Waals surface area contributed by atoms with E-state index >= 15 is 0 Å². The SMILES string of the molecule is COc1ccc2cc(C=O)n(C3CC3)c2c1. The standard InChI is InChI=1S/C13H13NO2/c1-16-12-5-2-9-6-11(8-15)14(10-3-4-10)13(9)7-12/h2,5-8,10H,3-4H2,1H3. The molecule has 1 aliphatic carbocycles. The van der Waals surface area contributed by atoms with Crippen LogP contribution in [-0.4, -0.2) is 18.0 Å². The van der Waals surface area contributed by atoms with Gasteiger partial charge in [-0.25, -0.2) is 0 Å². The molecule has 0 bridgehead atoms. The lowest BCUT2D eigenvalue weighted by Crippen LogP contribution is -1.98. The van der Waals surface area contributed by atoms with Crippen LogP contribution in [0.2, 0.25) is 0 Å². The number of nitrogens with zero attached hydrogens (tertiary/aromatic N) is 1. The van der Waals surface area contributed by atoms with Gasteiger partial charge in [0.25, 0.3) is 0 Å². The van der Waals surface area contributed by atoms with E-state index < -0.39 is 0 Å². The molecule has 16 heavy (non-hydrogen) atoms. The van der Waals surface area contributed by atoms with E-state index in [9.17, 15) is 4.79 Å². The summed E-state index contributed by atoms with van der Waals surface area (Å²) < 4.78 is 7.35. The quantitative estimate of drug-likeness (QED) is 0.737. The minimum Gasteiger partial charge on any atom is -0.497 e. The summed E-state index contributed by atoms with van der Waals surface area (Å²) in [4.78, 5) is 11.0. The molecule has 0 aliphatic heterocycles. The maximum absolute atomic E-state index is 11.0. The molecule has 3 heteroatoms. The fourth-order valence-corrected chi connectivity index (χ4v) is 2.18. The molecule has 82 valence electrons. The Kier molecular flexibility index (Phi) is 1.99. The van der Waals surface area contributed by atoms with Gasteiger partial charge in [0.15, 0.2) is 6.29 Å². The van der Waals surface area contributed by atoms with Crippen molar-refractivity contribution in [3.8, 4) is 5.75 Å². The third-order valence-electron chi connectivity index (χ3n) is 3.11. The Bertz CT molecular complexity index is 552. The van der Waals surface area contributed by atoms with Crippen LogP contribution in [0.1, 0.15) is 29.4 Å². The Morgan fingerprint density at radius 1 is 1.38 bits per heavy atom. The summed E-state index contributed by atoms with van der Waals surface area (Å²) >= 11 is 0. The number of aldehydes is 1. The van der Waals surface area contributed by atoms with Crippen LogP contribution < -0.4 is 4.74 Å². The molecular weight excluding hydrogens is 202 g/mol. The molecular formula is C13H13NO2. The van der Waals surface area contributed by atoms with Gasteiger partial charge in [-0.15, -0.1) is 0 Å². The average molecular weight is 215 g/mol. The zero-order chi connectivity index (χ0) is 11.1. The number of methoxy groups -OCH3 is 1. The Balaban J connectivity index is 2.28. The Morgan fingerprint density at radius 2 is 2.19 bits per heavy atom. The highest BCUT2D eigenvalue weighted by molar-refractivity contribution is 5.90. The summed E-state index contributed by atoms with van der Waals surface area (Å²) in [5, 5.41) is 1.11. The van der Waals surface area contributed by atoms with Crippen molar-refractivity contribution in [3.05, 3.63) is 30.0 Å². The number of aromatic nitrogens is 1. The topological polar surface area (TPSA) is 31.2 Å². The molecule has 3 rings (SSSR count). The van der Waals surface area contributed by atoms with Crippen molar-refractivity contribution in [2.45, 2.75) is 18.9 Å². The van der Waals surface area contributed by atoms with Gasteiger partial charge in [-0.05, 0) is 31.0 Å². The first kappa shape index (κ1) is 9.46. The molecule has 0 atom stereocenters. The van der Waals surface area contributed by atoms with Crippen LogP contribution >= 0.6 is 0 Å². The van der Waals surface area contributed by atoms with Gasteiger partial charge in [-0.1, -0.05) is 0 Å². The first-order valence-electron chi connectivity index (χ1n) is 5.47. The maximum Gasteiger partial charge on any atom is 0.166 e. The van der Waals surface area contributed by atoms with Gasteiger partial charge in [0.1, 0.15) is 5.75 Å². The predicted octanol–water partition coefficient (Wildman–Crippen LogP) is 2.80. The van der Waals surface area contributed by atoms with Crippen molar-refractivity contribution < 1.29 is 9.53 Å². The molecule has 2 aromatic rings. The van der Waals surface area contributed by atoms with Crippen LogP contribution in [-0.2, 0) is 0 Å². The Hall–Kier alpha value is -1.77. The predicted molar refractivity (Wildman–Crippen MR) is 62.1 cm³/mol. The van der Waals surface area contributed by atoms with Crippen molar-refractivity contribution in [2.75, 3.05) is 7.11 Å². The van der Waals surface area contributed by atoms with E-state index in [4.69, 9.17) is 4.74 Å². The van der Waals surface area contributed by atoms with E-state index in [1.54, 1.807) is 7.11 Å². The zero-order valence-electron chi connectivity index (χ0n) is 9.14. The molecule has 0 spiro atoms. The first-order valence-corrected chi connectivity index (χ1v) is 5.47. The maximum atomic E-state index is 11.0. The molecule has 1 fully saturated rings. The van der Waals surface area contributed by atoms with Gasteiger partial charge in [-0.2, -0.15) is 0 Å². The molecule has 0 radical (unpaired) electrons. The number of hydrogen-bond acceptors (Lipinski definition) is 2. The number of rotatable bonds is 3. The van der Waals surface area contributed by atoms with Gasteiger partial charge in [0.05, 0.1) is 18.3 Å². The van der Waals surface area contributed by atoms with Crippen LogP contribution in [0.4, 0.5) is 0 Å². The highest BCUT2D eigenvalue weighted by Gasteiger charge is 2.27. The third-order valence-corrected chi connectivity index (χ3v) is 3.11. The lowest BCUT2D eigenvalue weighted by Gasteiger charge is -2.06. The van der Waals surface area contributed by atoms with Crippen molar-refractivity contribution in [2.24, 2.45) is 0 Å². The summed E-state index contributed by atoms with van der Waals surface area (Å²) in [7, 11) is 1.66. The van der Waals surface area contributed by atoms with Crippen LogP contribution in [0.5, 0.6) is 5.75 Å². The lowest BCUT2D eigenvalue weighted by atomic mass is 10.2. The smallest absolute Gasteiger partial charge is 0.166 e. The Morgan fingerprint density at radius 3 is 2.81 bits per heavy atom. The highest BCUT2D eigenvalue weighted by atomic mass is 16.5. The van der Waals surface area contributed by atoms with Crippen LogP contribution in [0, 0.1) is 0 Å². The zero-order valence-corrected chi connectivity index (χ0v) is 9.14. The lowest BCUT2D eigenvalue weighted by molar-refractivity contribution is 0.111. The number of hydrogen-bond donors (Lipinski definition) is 0. The summed E-state index contributed by atoms with van der Waals surface area (Å²) in [5.41, 5.74) is 1.87. The second kappa shape index (κ2) is 3.37. The molecule has 1 saturated carbocycles. The van der Waals surface area contributed by atoms with E-state index in [1.807, 2.05) is 24.3 Å². The van der Waals surface area contributed by atoms with E-state index in [0.717, 1.165) is 28.6 Å². The van der Waals surface area contributed by atoms with Gasteiger partial charge in [0, 0.05) is 17.5 Å². The van der Waals surface area contributed by atoms with E-state index in [2.05, 4.69) is 4.57 Å². The van der Waals surface area contributed by atoms with Crippen LogP contribution in [0.15, 0.2) is 24.3 Å². The number of ether oxygens (including phenoxy) is 1. The fraction of sp³-hybridized carbons (Fsp3) is 0.308. The summed E-state index contributed by atoms with van der Waals surface area (Å²) in [6, 6.07) is 8.37. The van der Waals surface area contributed by atoms with Gasteiger partial charge in [-0.3, -0.25) is 4.79 Å². The fourth-order valence-electron chi connectivity index (χ4n) is 2.18. The third kappa shape index (κ3) is 1.32. The second-order valence-electron chi connectivity index (χ2n) is 4.21. The van der Waals surface area contributed by atoms with E-state index in [1.165, 1.54) is 12.8 Å². The monoisotopic (exact) mass is 215 g/mol. The molecule has 0 saturated heterocycles. The van der Waals surface area contributed by atoms with E-state index in [0.29, 0.717) is 6.04 Å².